The van der Waals surface area contributed by atoms with Crippen molar-refractivity contribution in [3.8, 4) is 0 Å². The molecule has 1 aromatic rings. The Morgan fingerprint density at radius 3 is 2.72 bits per heavy atom. The number of hydrogen-bond acceptors (Lipinski definition) is 3. The highest BCUT2D eigenvalue weighted by atomic mass is 32.1. The number of aliphatic carboxylic acids is 1. The Bertz CT molecular complexity index is 453. The average Bonchev–Trinajstić information content (AvgIpc) is 2.99. The highest BCUT2D eigenvalue weighted by Crippen LogP contribution is 2.31. The van der Waals surface area contributed by atoms with Crippen molar-refractivity contribution >= 4 is 23.2 Å². The highest BCUT2D eigenvalue weighted by molar-refractivity contribution is 7.10. The van der Waals surface area contributed by atoms with Crippen LogP contribution in [0.2, 0.25) is 0 Å². The first kappa shape index (κ1) is 13.1. The van der Waals surface area contributed by atoms with E-state index in [2.05, 4.69) is 0 Å². The molecule has 0 saturated carbocycles. The number of nitrogens with zero attached hydrogens (tertiary/aromatic N) is 1. The SMILES string of the molecule is CC(C)(C(=O)N1CC[C@H](C(=O)O)C1)c1cccs1. The number of thiophene rings is 1. The molecular weight excluding hydrogens is 250 g/mol. The van der Waals surface area contributed by atoms with E-state index in [1.54, 1.807) is 16.2 Å². The van der Waals surface area contributed by atoms with Crippen molar-refractivity contribution in [3.63, 3.8) is 0 Å². The van der Waals surface area contributed by atoms with E-state index in [4.69, 9.17) is 5.11 Å². The van der Waals surface area contributed by atoms with Gasteiger partial charge in [-0.15, -0.1) is 11.3 Å². The zero-order valence-electron chi connectivity index (χ0n) is 10.5. The van der Waals surface area contributed by atoms with Crippen LogP contribution in [0.15, 0.2) is 17.5 Å². The summed E-state index contributed by atoms with van der Waals surface area (Å²) in [5, 5.41) is 10.9. The summed E-state index contributed by atoms with van der Waals surface area (Å²) in [4.78, 5) is 26.1. The van der Waals surface area contributed by atoms with E-state index in [0.717, 1.165) is 4.88 Å². The van der Waals surface area contributed by atoms with Crippen molar-refractivity contribution in [2.45, 2.75) is 25.7 Å². The van der Waals surface area contributed by atoms with Gasteiger partial charge in [0, 0.05) is 18.0 Å². The molecule has 1 aromatic heterocycles. The Kier molecular flexibility index (Phi) is 3.43. The van der Waals surface area contributed by atoms with Gasteiger partial charge in [-0.25, -0.2) is 0 Å². The molecule has 5 heteroatoms. The lowest BCUT2D eigenvalue weighted by Gasteiger charge is -2.28. The summed E-state index contributed by atoms with van der Waals surface area (Å²) in [5.41, 5.74) is -0.568. The minimum atomic E-state index is -0.806. The smallest absolute Gasteiger partial charge is 0.308 e. The Morgan fingerprint density at radius 1 is 1.50 bits per heavy atom. The maximum atomic E-state index is 12.5. The summed E-state index contributed by atoms with van der Waals surface area (Å²) in [6, 6.07) is 3.88. The van der Waals surface area contributed by atoms with Crippen molar-refractivity contribution in [1.29, 1.82) is 0 Å². The number of likely N-dealkylation sites (tertiary alicyclic amines) is 1. The molecule has 2 rings (SSSR count). The predicted molar refractivity (Wildman–Crippen MR) is 69.7 cm³/mol. The molecule has 0 radical (unpaired) electrons. The van der Waals surface area contributed by atoms with Crippen molar-refractivity contribution < 1.29 is 14.7 Å². The number of amides is 1. The van der Waals surface area contributed by atoms with Crippen molar-refractivity contribution in [2.75, 3.05) is 13.1 Å². The van der Waals surface area contributed by atoms with E-state index >= 15 is 0 Å². The van der Waals surface area contributed by atoms with Gasteiger partial charge in [0.25, 0.3) is 0 Å². The van der Waals surface area contributed by atoms with Crippen LogP contribution in [0.4, 0.5) is 0 Å². The van der Waals surface area contributed by atoms with E-state index in [1.807, 2.05) is 31.4 Å². The normalized spacial score (nSPS) is 20.1. The molecule has 0 aliphatic carbocycles. The number of carbonyl (C=O) groups is 2. The molecule has 0 aromatic carbocycles. The van der Waals surface area contributed by atoms with Crippen LogP contribution < -0.4 is 0 Å². The zero-order valence-corrected chi connectivity index (χ0v) is 11.4. The van der Waals surface area contributed by atoms with Crippen LogP contribution in [0.1, 0.15) is 25.1 Å². The van der Waals surface area contributed by atoms with Crippen molar-refractivity contribution in [3.05, 3.63) is 22.4 Å². The van der Waals surface area contributed by atoms with Crippen molar-refractivity contribution in [1.82, 2.24) is 4.90 Å². The third kappa shape index (κ3) is 2.27. The van der Waals surface area contributed by atoms with Crippen LogP contribution in [0, 0.1) is 5.92 Å². The van der Waals surface area contributed by atoms with Gasteiger partial charge in [0.15, 0.2) is 0 Å². The fourth-order valence-corrected chi connectivity index (χ4v) is 3.12. The fraction of sp³-hybridized carbons (Fsp3) is 0.538. The quantitative estimate of drug-likeness (QED) is 0.910. The summed E-state index contributed by atoms with van der Waals surface area (Å²) in [6.45, 7) is 4.68. The molecule has 1 saturated heterocycles. The molecule has 0 unspecified atom stereocenters. The van der Waals surface area contributed by atoms with Gasteiger partial charge >= 0.3 is 5.97 Å². The molecule has 1 aliphatic heterocycles. The van der Waals surface area contributed by atoms with Gasteiger partial charge in [0.1, 0.15) is 0 Å². The first-order valence-electron chi connectivity index (χ1n) is 5.99. The average molecular weight is 267 g/mol. The van der Waals surface area contributed by atoms with Crippen LogP contribution >= 0.6 is 11.3 Å². The summed E-state index contributed by atoms with van der Waals surface area (Å²) < 4.78 is 0. The molecular formula is C13H17NO3S. The number of carbonyl (C=O) groups excluding carboxylic acids is 1. The second-order valence-electron chi connectivity index (χ2n) is 5.18. The molecule has 1 aliphatic rings. The fourth-order valence-electron chi connectivity index (χ4n) is 2.28. The van der Waals surface area contributed by atoms with E-state index in [-0.39, 0.29) is 5.91 Å². The number of carboxylic acid groups (broad SMARTS) is 1. The molecule has 4 nitrogen and oxygen atoms in total. The van der Waals surface area contributed by atoms with Gasteiger partial charge in [0.05, 0.1) is 11.3 Å². The van der Waals surface area contributed by atoms with Gasteiger partial charge in [-0.05, 0) is 31.7 Å². The maximum Gasteiger partial charge on any atom is 0.308 e. The molecule has 2 heterocycles. The summed E-state index contributed by atoms with van der Waals surface area (Å²) in [6.07, 6.45) is 0.557. The van der Waals surface area contributed by atoms with Gasteiger partial charge in [-0.3, -0.25) is 9.59 Å². The zero-order chi connectivity index (χ0) is 13.3. The molecule has 0 spiro atoms. The highest BCUT2D eigenvalue weighted by Gasteiger charge is 2.39. The lowest BCUT2D eigenvalue weighted by atomic mass is 9.89. The lowest BCUT2D eigenvalue weighted by molar-refractivity contribution is -0.141. The molecule has 18 heavy (non-hydrogen) atoms. The van der Waals surface area contributed by atoms with Gasteiger partial charge in [-0.1, -0.05) is 6.07 Å². The lowest BCUT2D eigenvalue weighted by Crippen LogP contribution is -2.42. The van der Waals surface area contributed by atoms with E-state index < -0.39 is 17.3 Å². The molecule has 1 atom stereocenters. The second kappa shape index (κ2) is 4.72. The molecule has 1 N–H and O–H groups in total. The first-order valence-corrected chi connectivity index (χ1v) is 6.87. The standard InChI is InChI=1S/C13H17NO3S/c1-13(2,10-4-3-7-18-10)12(17)14-6-5-9(8-14)11(15)16/h3-4,7,9H,5-6,8H2,1-2H3,(H,15,16)/t9-/m0/s1. The number of rotatable bonds is 3. The van der Waals surface area contributed by atoms with Crippen LogP contribution in [0.5, 0.6) is 0 Å². The minimum absolute atomic E-state index is 0.0219. The topological polar surface area (TPSA) is 57.6 Å². The van der Waals surface area contributed by atoms with E-state index in [1.165, 1.54) is 0 Å². The molecule has 98 valence electrons. The Morgan fingerprint density at radius 2 is 2.22 bits per heavy atom. The summed E-state index contributed by atoms with van der Waals surface area (Å²) >= 11 is 1.56. The summed E-state index contributed by atoms with van der Waals surface area (Å²) in [5.74, 6) is -1.19. The Balaban J connectivity index is 2.11. The predicted octanol–water partition coefficient (Wildman–Crippen LogP) is 1.96. The van der Waals surface area contributed by atoms with Crippen LogP contribution in [-0.4, -0.2) is 35.0 Å². The summed E-state index contributed by atoms with van der Waals surface area (Å²) in [7, 11) is 0. The van der Waals surface area contributed by atoms with Crippen LogP contribution in [0.25, 0.3) is 0 Å². The third-order valence-electron chi connectivity index (χ3n) is 3.50. The first-order chi connectivity index (χ1) is 8.43. The van der Waals surface area contributed by atoms with E-state index in [9.17, 15) is 9.59 Å². The largest absolute Gasteiger partial charge is 0.481 e. The maximum absolute atomic E-state index is 12.5. The van der Waals surface area contributed by atoms with Gasteiger partial charge < -0.3 is 10.0 Å². The molecule has 1 fully saturated rings. The van der Waals surface area contributed by atoms with Crippen LogP contribution in [-0.2, 0) is 15.0 Å². The third-order valence-corrected chi connectivity index (χ3v) is 4.69. The van der Waals surface area contributed by atoms with Gasteiger partial charge in [0.2, 0.25) is 5.91 Å². The monoisotopic (exact) mass is 267 g/mol. The van der Waals surface area contributed by atoms with Crippen LogP contribution in [0.3, 0.4) is 0 Å². The number of carboxylic acids is 1. The Hall–Kier alpha value is -1.36. The molecule has 0 bridgehead atoms. The van der Waals surface area contributed by atoms with Crippen molar-refractivity contribution in [2.24, 2.45) is 5.92 Å². The molecule has 1 amide bonds. The second-order valence-corrected chi connectivity index (χ2v) is 6.12. The number of hydrogen-bond donors (Lipinski definition) is 1. The Labute approximate surface area is 110 Å². The van der Waals surface area contributed by atoms with Gasteiger partial charge in [-0.2, -0.15) is 0 Å². The van der Waals surface area contributed by atoms with E-state index in [0.29, 0.717) is 19.5 Å². The minimum Gasteiger partial charge on any atom is -0.481 e.